The summed E-state index contributed by atoms with van der Waals surface area (Å²) in [6.07, 6.45) is 1.55. The average molecular weight is 651 g/mol. The maximum Gasteiger partial charge on any atom is 0.343 e. The van der Waals surface area contributed by atoms with Gasteiger partial charge in [0, 0.05) is 17.2 Å². The maximum atomic E-state index is 12.9. The Morgan fingerprint density at radius 1 is 1.16 bits per heavy atom. The molecular weight excluding hydrogens is 635 g/mol. The van der Waals surface area contributed by atoms with Crippen LogP contribution in [0.1, 0.15) is 21.5 Å². The van der Waals surface area contributed by atoms with E-state index < -0.39 is 22.0 Å². The molecule has 9 nitrogen and oxygen atoms in total. The molecule has 0 unspecified atom stereocenters. The van der Waals surface area contributed by atoms with E-state index in [9.17, 15) is 24.5 Å². The van der Waals surface area contributed by atoms with Gasteiger partial charge in [-0.2, -0.15) is 0 Å². The van der Waals surface area contributed by atoms with Gasteiger partial charge in [-0.25, -0.2) is 4.79 Å². The monoisotopic (exact) mass is 650 g/mol. The summed E-state index contributed by atoms with van der Waals surface area (Å²) in [4.78, 5) is 49.6. The zero-order chi connectivity index (χ0) is 26.7. The fraction of sp³-hybridized carbons (Fsp3) is 0.0800. The molecule has 0 N–H and O–H groups in total. The summed E-state index contributed by atoms with van der Waals surface area (Å²) in [7, 11) is 1.42. The molecule has 2 amide bonds. The van der Waals surface area contributed by atoms with E-state index in [4.69, 9.17) is 21.1 Å². The van der Waals surface area contributed by atoms with Crippen LogP contribution >= 0.6 is 46.0 Å². The number of non-ortho nitro benzene ring substituents is 1. The van der Waals surface area contributed by atoms with Gasteiger partial charge in [-0.15, -0.1) is 0 Å². The van der Waals surface area contributed by atoms with Crippen molar-refractivity contribution >= 4 is 74.8 Å². The van der Waals surface area contributed by atoms with Gasteiger partial charge in [0.1, 0.15) is 0 Å². The van der Waals surface area contributed by atoms with Gasteiger partial charge in [-0.05, 0) is 81.9 Å². The Balaban J connectivity index is 1.54. The number of nitrogens with zero attached hydrogens (tertiary/aromatic N) is 2. The first-order chi connectivity index (χ1) is 17.7. The van der Waals surface area contributed by atoms with E-state index in [1.54, 1.807) is 36.4 Å². The van der Waals surface area contributed by atoms with Crippen molar-refractivity contribution in [2.45, 2.75) is 6.54 Å². The highest BCUT2D eigenvalue weighted by molar-refractivity contribution is 14.1. The molecule has 1 saturated heterocycles. The van der Waals surface area contributed by atoms with Gasteiger partial charge >= 0.3 is 5.97 Å². The van der Waals surface area contributed by atoms with Gasteiger partial charge in [0.05, 0.1) is 32.6 Å². The molecule has 12 heteroatoms. The van der Waals surface area contributed by atoms with Crippen LogP contribution in [0.15, 0.2) is 65.6 Å². The molecule has 0 bridgehead atoms. The molecule has 4 rings (SSSR count). The van der Waals surface area contributed by atoms with Crippen LogP contribution in [0.25, 0.3) is 6.08 Å². The number of esters is 1. The lowest BCUT2D eigenvalue weighted by atomic mass is 10.1. The summed E-state index contributed by atoms with van der Waals surface area (Å²) in [6.45, 7) is -0.0146. The first-order valence-electron chi connectivity index (χ1n) is 10.5. The largest absolute Gasteiger partial charge is 0.493 e. The minimum atomic E-state index is -0.612. The molecule has 0 saturated carbocycles. The van der Waals surface area contributed by atoms with Crippen molar-refractivity contribution in [1.82, 2.24) is 4.90 Å². The summed E-state index contributed by atoms with van der Waals surface area (Å²) in [5.41, 5.74) is 1.33. The van der Waals surface area contributed by atoms with Crippen LogP contribution in [0, 0.1) is 13.7 Å². The summed E-state index contributed by atoms with van der Waals surface area (Å²) in [5, 5.41) is 10.8. The number of hydrogen-bond donors (Lipinski definition) is 0. The Hall–Kier alpha value is -3.42. The summed E-state index contributed by atoms with van der Waals surface area (Å²) in [5.74, 6) is -0.632. The number of methoxy groups -OCH3 is 1. The minimum absolute atomic E-state index is 0.0146. The Morgan fingerprint density at radius 3 is 2.54 bits per heavy atom. The van der Waals surface area contributed by atoms with Crippen LogP contribution in [0.5, 0.6) is 11.5 Å². The number of thioether (sulfide) groups is 1. The molecule has 188 valence electrons. The zero-order valence-electron chi connectivity index (χ0n) is 19.0. The molecule has 0 aliphatic carbocycles. The van der Waals surface area contributed by atoms with E-state index in [2.05, 4.69) is 0 Å². The minimum Gasteiger partial charge on any atom is -0.493 e. The molecule has 3 aromatic carbocycles. The maximum absolute atomic E-state index is 12.9. The highest BCUT2D eigenvalue weighted by Gasteiger charge is 2.35. The summed E-state index contributed by atoms with van der Waals surface area (Å²) < 4.78 is 11.5. The quantitative estimate of drug-likeness (QED) is 0.0729. The third kappa shape index (κ3) is 6.12. The molecule has 0 atom stereocenters. The lowest BCUT2D eigenvalue weighted by Crippen LogP contribution is -2.27. The summed E-state index contributed by atoms with van der Waals surface area (Å²) in [6, 6.07) is 15.3. The molecule has 1 heterocycles. The number of hydrogen-bond acceptors (Lipinski definition) is 8. The number of benzene rings is 3. The highest BCUT2D eigenvalue weighted by Crippen LogP contribution is 2.38. The molecular formula is C25H16ClIN2O7S. The number of nitro benzene ring substituents is 1. The van der Waals surface area contributed by atoms with Crippen LogP contribution < -0.4 is 9.47 Å². The molecule has 0 aromatic heterocycles. The Kier molecular flexibility index (Phi) is 8.15. The lowest BCUT2D eigenvalue weighted by Gasteiger charge is -2.13. The van der Waals surface area contributed by atoms with Crippen molar-refractivity contribution in [1.29, 1.82) is 0 Å². The zero-order valence-corrected chi connectivity index (χ0v) is 22.7. The van der Waals surface area contributed by atoms with E-state index in [1.165, 1.54) is 37.4 Å². The van der Waals surface area contributed by atoms with Gasteiger partial charge in [-0.1, -0.05) is 29.8 Å². The van der Waals surface area contributed by atoms with Crippen LogP contribution in [-0.4, -0.2) is 34.0 Å². The van der Waals surface area contributed by atoms with E-state index >= 15 is 0 Å². The van der Waals surface area contributed by atoms with Gasteiger partial charge in [0.15, 0.2) is 11.5 Å². The third-order valence-corrected chi connectivity index (χ3v) is 7.11. The number of ether oxygens (including phenoxy) is 2. The standard InChI is InChI=1S/C25H16ClIN2O7S/c1-35-20-10-15(9-19(27)22(20)36-24(31)16-3-2-4-17(26)12-16)11-21-23(30)28(25(32)37-21)13-14-5-7-18(8-6-14)29(33)34/h2-12H,13H2,1H3/b21-11-. The lowest BCUT2D eigenvalue weighted by molar-refractivity contribution is -0.384. The number of carbonyl (C=O) groups is 3. The van der Waals surface area contributed by atoms with Crippen LogP contribution in [-0.2, 0) is 11.3 Å². The van der Waals surface area contributed by atoms with Gasteiger partial charge in [0.2, 0.25) is 0 Å². The van der Waals surface area contributed by atoms with Crippen LogP contribution in [0.2, 0.25) is 5.02 Å². The third-order valence-electron chi connectivity index (χ3n) is 5.17. The molecule has 1 aliphatic rings. The summed E-state index contributed by atoms with van der Waals surface area (Å²) >= 11 is 8.73. The first kappa shape index (κ1) is 26.6. The van der Waals surface area contributed by atoms with Gasteiger partial charge in [0.25, 0.3) is 16.8 Å². The average Bonchev–Trinajstić information content (AvgIpc) is 3.12. The van der Waals surface area contributed by atoms with E-state index in [1.807, 2.05) is 22.6 Å². The van der Waals surface area contributed by atoms with Crippen LogP contribution in [0.3, 0.4) is 0 Å². The Bertz CT molecular complexity index is 1460. The second-order valence-corrected chi connectivity index (χ2v) is 10.2. The molecule has 0 radical (unpaired) electrons. The van der Waals surface area contributed by atoms with Crippen LogP contribution in [0.4, 0.5) is 10.5 Å². The van der Waals surface area contributed by atoms with E-state index in [0.29, 0.717) is 19.7 Å². The fourth-order valence-corrected chi connectivity index (χ4v) is 5.15. The van der Waals surface area contributed by atoms with Crippen molar-refractivity contribution < 1.29 is 28.8 Å². The van der Waals surface area contributed by atoms with E-state index in [0.717, 1.165) is 16.7 Å². The Labute approximate surface area is 233 Å². The smallest absolute Gasteiger partial charge is 0.343 e. The molecule has 37 heavy (non-hydrogen) atoms. The second kappa shape index (κ2) is 11.3. The molecule has 0 spiro atoms. The predicted octanol–water partition coefficient (Wildman–Crippen LogP) is 6.32. The van der Waals surface area contributed by atoms with Gasteiger partial charge in [-0.3, -0.25) is 24.6 Å². The Morgan fingerprint density at radius 2 is 1.89 bits per heavy atom. The topological polar surface area (TPSA) is 116 Å². The number of imide groups is 1. The van der Waals surface area contributed by atoms with Crippen molar-refractivity contribution in [2.75, 3.05) is 7.11 Å². The fourth-order valence-electron chi connectivity index (χ4n) is 3.38. The normalized spacial score (nSPS) is 14.2. The number of rotatable bonds is 7. The highest BCUT2D eigenvalue weighted by atomic mass is 127. The van der Waals surface area contributed by atoms with Crippen molar-refractivity contribution in [3.63, 3.8) is 0 Å². The predicted molar refractivity (Wildman–Crippen MR) is 147 cm³/mol. The number of nitro groups is 1. The molecule has 3 aromatic rings. The number of amides is 2. The van der Waals surface area contributed by atoms with Crippen molar-refractivity contribution in [2.24, 2.45) is 0 Å². The number of halogens is 2. The van der Waals surface area contributed by atoms with E-state index in [-0.39, 0.29) is 34.2 Å². The molecule has 1 fully saturated rings. The second-order valence-electron chi connectivity index (χ2n) is 7.63. The van der Waals surface area contributed by atoms with Crippen molar-refractivity contribution in [3.05, 3.63) is 101 Å². The van der Waals surface area contributed by atoms with Crippen molar-refractivity contribution in [3.8, 4) is 11.5 Å². The SMILES string of the molecule is COc1cc(/C=C2\SC(=O)N(Cc3ccc([N+](=O)[O-])cc3)C2=O)cc(I)c1OC(=O)c1cccc(Cl)c1. The number of carbonyl (C=O) groups excluding carboxylic acids is 3. The molecule has 1 aliphatic heterocycles. The first-order valence-corrected chi connectivity index (χ1v) is 12.8. The van der Waals surface area contributed by atoms with Gasteiger partial charge < -0.3 is 9.47 Å².